The van der Waals surface area contributed by atoms with E-state index in [0.717, 1.165) is 10.9 Å². The maximum atomic E-state index is 12.9. The Morgan fingerprint density at radius 1 is 1.00 bits per heavy atom. The number of rotatable bonds is 4. The lowest BCUT2D eigenvalue weighted by Gasteiger charge is -2.15. The number of amides is 1. The second-order valence-electron chi connectivity index (χ2n) is 7.03. The third kappa shape index (κ3) is 3.54. The number of nitrogens with one attached hydrogen (secondary N) is 1. The Morgan fingerprint density at radius 3 is 2.34 bits per heavy atom. The second-order valence-corrected chi connectivity index (χ2v) is 7.03. The number of aromatic nitrogens is 3. The molecule has 0 spiro atoms. The highest BCUT2D eigenvalue weighted by atomic mass is 16.5. The van der Waals surface area contributed by atoms with Crippen LogP contribution in [0.1, 0.15) is 21.7 Å². The molecule has 2 aromatic heterocycles. The zero-order valence-corrected chi connectivity index (χ0v) is 16.7. The van der Waals surface area contributed by atoms with Gasteiger partial charge in [0.05, 0.1) is 22.5 Å². The van der Waals surface area contributed by atoms with Crippen molar-refractivity contribution in [3.05, 3.63) is 65.5 Å². The minimum absolute atomic E-state index is 0.237. The van der Waals surface area contributed by atoms with E-state index in [1.165, 1.54) is 0 Å². The average Bonchev–Trinajstić information content (AvgIpc) is 3.14. The van der Waals surface area contributed by atoms with Crippen molar-refractivity contribution < 1.29 is 9.32 Å². The first-order valence-electron chi connectivity index (χ1n) is 9.23. The van der Waals surface area contributed by atoms with E-state index in [1.807, 2.05) is 63.2 Å². The summed E-state index contributed by atoms with van der Waals surface area (Å²) in [6.07, 6.45) is 0. The maximum Gasteiger partial charge on any atom is 0.255 e. The van der Waals surface area contributed by atoms with Gasteiger partial charge in [-0.1, -0.05) is 35.5 Å². The van der Waals surface area contributed by atoms with Gasteiger partial charge in [0.15, 0.2) is 5.76 Å². The quantitative estimate of drug-likeness (QED) is 0.564. The number of fused-ring (bicyclic) bond motifs is 1. The molecule has 0 bridgehead atoms. The number of carbonyl (C=O) groups excluding carboxylic acids is 1. The zero-order valence-electron chi connectivity index (χ0n) is 16.7. The van der Waals surface area contributed by atoms with Crippen LogP contribution in [0, 0.1) is 13.8 Å². The van der Waals surface area contributed by atoms with Crippen LogP contribution < -0.4 is 10.2 Å². The van der Waals surface area contributed by atoms with E-state index in [9.17, 15) is 4.79 Å². The normalized spacial score (nSPS) is 10.9. The molecule has 7 nitrogen and oxygen atoms in total. The fraction of sp³-hybridized carbons (Fsp3) is 0.182. The molecule has 29 heavy (non-hydrogen) atoms. The summed E-state index contributed by atoms with van der Waals surface area (Å²) in [7, 11) is 3.76. The van der Waals surface area contributed by atoms with Crippen LogP contribution in [-0.2, 0) is 0 Å². The van der Waals surface area contributed by atoms with Gasteiger partial charge in [0, 0.05) is 25.2 Å². The summed E-state index contributed by atoms with van der Waals surface area (Å²) >= 11 is 0. The number of nitrogens with zero attached hydrogens (tertiary/aromatic N) is 4. The number of hydrogen-bond acceptors (Lipinski definition) is 6. The Labute approximate surface area is 168 Å². The Morgan fingerprint density at radius 2 is 1.69 bits per heavy atom. The van der Waals surface area contributed by atoms with Gasteiger partial charge < -0.3 is 14.7 Å². The van der Waals surface area contributed by atoms with E-state index >= 15 is 0 Å². The molecule has 0 aliphatic heterocycles. The minimum Gasteiger partial charge on any atom is -0.355 e. The lowest BCUT2D eigenvalue weighted by atomic mass is 10.1. The first-order valence-corrected chi connectivity index (χ1v) is 9.23. The molecule has 0 saturated heterocycles. The highest BCUT2D eigenvalue weighted by Gasteiger charge is 2.17. The molecule has 146 valence electrons. The molecule has 0 unspecified atom stereocenters. The molecule has 2 heterocycles. The molecule has 4 rings (SSSR count). The summed E-state index contributed by atoms with van der Waals surface area (Å²) in [5.74, 6) is 1.01. The number of hydrogen-bond donors (Lipinski definition) is 1. The van der Waals surface area contributed by atoms with E-state index in [2.05, 4.69) is 20.4 Å². The molecule has 2 aromatic carbocycles. The van der Waals surface area contributed by atoms with Gasteiger partial charge in [-0.15, -0.1) is 0 Å². The zero-order chi connectivity index (χ0) is 20.5. The molecule has 0 fully saturated rings. The molecule has 4 aromatic rings. The Hall–Kier alpha value is -3.74. The average molecular weight is 387 g/mol. The molecule has 0 saturated carbocycles. The summed E-state index contributed by atoms with van der Waals surface area (Å²) in [5, 5.41) is 7.83. The van der Waals surface area contributed by atoms with Crippen LogP contribution in [0.2, 0.25) is 0 Å². The smallest absolute Gasteiger partial charge is 0.255 e. The van der Waals surface area contributed by atoms with Gasteiger partial charge in [0.25, 0.3) is 5.91 Å². The Bertz CT molecular complexity index is 1180. The van der Waals surface area contributed by atoms with E-state index in [-0.39, 0.29) is 5.91 Å². The number of carbonyl (C=O) groups is 1. The first-order chi connectivity index (χ1) is 13.9. The highest BCUT2D eigenvalue weighted by Crippen LogP contribution is 2.29. The van der Waals surface area contributed by atoms with E-state index < -0.39 is 0 Å². The van der Waals surface area contributed by atoms with Crippen molar-refractivity contribution >= 4 is 28.4 Å². The van der Waals surface area contributed by atoms with Gasteiger partial charge >= 0.3 is 0 Å². The van der Waals surface area contributed by atoms with Crippen molar-refractivity contribution in [2.45, 2.75) is 13.8 Å². The fourth-order valence-electron chi connectivity index (χ4n) is 3.15. The van der Waals surface area contributed by atoms with Crippen molar-refractivity contribution in [2.75, 3.05) is 24.3 Å². The van der Waals surface area contributed by atoms with Crippen molar-refractivity contribution in [3.8, 4) is 11.3 Å². The first kappa shape index (κ1) is 18.6. The van der Waals surface area contributed by atoms with Crippen LogP contribution >= 0.6 is 0 Å². The molecular formula is C22H21N5O2. The van der Waals surface area contributed by atoms with Gasteiger partial charge in [-0.05, 0) is 32.0 Å². The van der Waals surface area contributed by atoms with E-state index in [4.69, 9.17) is 4.52 Å². The third-order valence-electron chi connectivity index (χ3n) is 4.67. The standard InChI is InChI=1S/C22H21N5O2/c1-13-19(14(2)24-22(23-13)27(3)4)25-21(28)16-10-11-18-17(12-16)20(29-26-18)15-8-6-5-7-9-15/h5-12H,1-4H3,(H,25,28). The third-order valence-corrected chi connectivity index (χ3v) is 4.67. The Balaban J connectivity index is 1.68. The van der Waals surface area contributed by atoms with Gasteiger partial charge in [-0.2, -0.15) is 0 Å². The lowest BCUT2D eigenvalue weighted by Crippen LogP contribution is -2.18. The second kappa shape index (κ2) is 7.35. The van der Waals surface area contributed by atoms with Crippen molar-refractivity contribution in [1.82, 2.24) is 15.1 Å². The Kier molecular flexibility index (Phi) is 4.72. The summed E-state index contributed by atoms with van der Waals surface area (Å²) in [6, 6.07) is 15.0. The summed E-state index contributed by atoms with van der Waals surface area (Å²) in [6.45, 7) is 3.71. The van der Waals surface area contributed by atoms with Gasteiger partial charge in [0.1, 0.15) is 5.52 Å². The van der Waals surface area contributed by atoms with Crippen LogP contribution in [0.4, 0.5) is 11.6 Å². The SMILES string of the molecule is Cc1nc(N(C)C)nc(C)c1NC(=O)c1ccc2noc(-c3ccccc3)c2c1. The molecule has 7 heteroatoms. The van der Waals surface area contributed by atoms with E-state index in [0.29, 0.717) is 39.9 Å². The largest absolute Gasteiger partial charge is 0.355 e. The molecule has 0 atom stereocenters. The monoisotopic (exact) mass is 387 g/mol. The van der Waals surface area contributed by atoms with Gasteiger partial charge in [-0.3, -0.25) is 4.79 Å². The summed E-state index contributed by atoms with van der Waals surface area (Å²) in [4.78, 5) is 23.7. The predicted octanol–water partition coefficient (Wildman–Crippen LogP) is 4.22. The topological polar surface area (TPSA) is 84.2 Å². The molecular weight excluding hydrogens is 366 g/mol. The van der Waals surface area contributed by atoms with Crippen LogP contribution in [0.5, 0.6) is 0 Å². The maximum absolute atomic E-state index is 12.9. The lowest BCUT2D eigenvalue weighted by molar-refractivity contribution is 0.102. The molecule has 0 aliphatic rings. The van der Waals surface area contributed by atoms with Crippen molar-refractivity contribution in [1.29, 1.82) is 0 Å². The van der Waals surface area contributed by atoms with Crippen LogP contribution in [0.25, 0.3) is 22.2 Å². The van der Waals surface area contributed by atoms with Crippen LogP contribution in [0.15, 0.2) is 53.1 Å². The summed E-state index contributed by atoms with van der Waals surface area (Å²) in [5.41, 5.74) is 4.16. The van der Waals surface area contributed by atoms with Gasteiger partial charge in [0.2, 0.25) is 5.95 Å². The number of benzene rings is 2. The molecule has 0 radical (unpaired) electrons. The fourth-order valence-corrected chi connectivity index (χ4v) is 3.15. The van der Waals surface area contributed by atoms with Crippen LogP contribution in [-0.4, -0.2) is 35.1 Å². The van der Waals surface area contributed by atoms with Gasteiger partial charge in [-0.25, -0.2) is 9.97 Å². The minimum atomic E-state index is -0.237. The molecule has 0 aliphatic carbocycles. The highest BCUT2D eigenvalue weighted by molar-refractivity contribution is 6.07. The molecule has 1 amide bonds. The molecule has 1 N–H and O–H groups in total. The summed E-state index contributed by atoms with van der Waals surface area (Å²) < 4.78 is 5.52. The predicted molar refractivity (Wildman–Crippen MR) is 113 cm³/mol. The number of aryl methyl sites for hydroxylation is 2. The van der Waals surface area contributed by atoms with Crippen molar-refractivity contribution in [2.24, 2.45) is 0 Å². The van der Waals surface area contributed by atoms with Crippen molar-refractivity contribution in [3.63, 3.8) is 0 Å². The van der Waals surface area contributed by atoms with Crippen LogP contribution in [0.3, 0.4) is 0 Å². The number of anilines is 2. The van der Waals surface area contributed by atoms with E-state index in [1.54, 1.807) is 18.2 Å².